The van der Waals surface area contributed by atoms with Crippen LogP contribution in [0, 0.1) is 0 Å². The van der Waals surface area contributed by atoms with Crippen LogP contribution in [0.4, 0.5) is 8.78 Å². The maximum Gasteiger partial charge on any atom is 0.251 e. The van der Waals surface area contributed by atoms with E-state index in [2.05, 4.69) is 0 Å². The van der Waals surface area contributed by atoms with E-state index in [0.717, 1.165) is 11.3 Å². The highest BCUT2D eigenvalue weighted by Gasteiger charge is 2.17. The second-order valence-electron chi connectivity index (χ2n) is 3.25. The molecule has 1 aromatic heterocycles. The van der Waals surface area contributed by atoms with Crippen LogP contribution in [0.25, 0.3) is 0 Å². The van der Waals surface area contributed by atoms with Crippen LogP contribution in [0.15, 0.2) is 6.07 Å². The molecule has 0 atom stereocenters. The quantitative estimate of drug-likeness (QED) is 0.774. The molecule has 1 heterocycles. The van der Waals surface area contributed by atoms with Crippen LogP contribution >= 0.6 is 34.5 Å². The molecule has 0 amide bonds. The van der Waals surface area contributed by atoms with Gasteiger partial charge >= 0.3 is 0 Å². The van der Waals surface area contributed by atoms with Crippen molar-refractivity contribution in [1.82, 2.24) is 4.90 Å². The molecule has 2 nitrogen and oxygen atoms in total. The molecule has 0 spiro atoms. The number of hydrogen-bond acceptors (Lipinski definition) is 3. The molecule has 90 valence electrons. The van der Waals surface area contributed by atoms with Crippen molar-refractivity contribution in [3.63, 3.8) is 0 Å². The molecule has 1 rings (SSSR count). The molecule has 7 heteroatoms. The minimum atomic E-state index is -2.46. The molecule has 0 unspecified atom stereocenters. The third-order valence-electron chi connectivity index (χ3n) is 1.82. The normalized spacial score (nSPS) is 11.4. The third-order valence-corrected chi connectivity index (χ3v) is 3.31. The van der Waals surface area contributed by atoms with Crippen molar-refractivity contribution in [3.05, 3.63) is 20.3 Å². The fraction of sp³-hybridized carbons (Fsp3) is 0.444. The van der Waals surface area contributed by atoms with Gasteiger partial charge in [-0.2, -0.15) is 0 Å². The second kappa shape index (κ2) is 5.91. The number of rotatable bonds is 5. The molecule has 0 aromatic carbocycles. The van der Waals surface area contributed by atoms with Crippen molar-refractivity contribution in [1.29, 1.82) is 0 Å². The molecule has 0 bridgehead atoms. The second-order valence-corrected chi connectivity index (χ2v) is 5.53. The lowest BCUT2D eigenvalue weighted by molar-refractivity contribution is 0.0820. The van der Waals surface area contributed by atoms with Gasteiger partial charge in [0, 0.05) is 0 Å². The fourth-order valence-electron chi connectivity index (χ4n) is 1.16. The number of likely N-dealkylation sites (N-methyl/N-ethyl adjacent to an activating group) is 1. The maximum atomic E-state index is 12.0. The van der Waals surface area contributed by atoms with E-state index >= 15 is 0 Å². The van der Waals surface area contributed by atoms with Gasteiger partial charge < -0.3 is 0 Å². The summed E-state index contributed by atoms with van der Waals surface area (Å²) in [7, 11) is 1.45. The van der Waals surface area contributed by atoms with E-state index in [0.29, 0.717) is 8.67 Å². The Bertz CT molecular complexity index is 384. The Morgan fingerprint density at radius 1 is 1.56 bits per heavy atom. The zero-order valence-electron chi connectivity index (χ0n) is 8.34. The van der Waals surface area contributed by atoms with Crippen LogP contribution in [0.5, 0.6) is 0 Å². The first-order valence-electron chi connectivity index (χ1n) is 4.35. The first-order valence-corrected chi connectivity index (χ1v) is 5.92. The molecule has 0 saturated heterocycles. The standard InChI is InChI=1S/C9H9Cl2F2NOS/c1-14(4-8(12)13)3-6(15)5-2-7(10)16-9(5)11/h2,8H,3-4H2,1H3. The number of alkyl halides is 2. The summed E-state index contributed by atoms with van der Waals surface area (Å²) in [5.41, 5.74) is 0.290. The fourth-order valence-corrected chi connectivity index (χ4v) is 2.66. The number of nitrogens with zero attached hydrogens (tertiary/aromatic N) is 1. The lowest BCUT2D eigenvalue weighted by Crippen LogP contribution is -2.30. The Balaban J connectivity index is 2.62. The van der Waals surface area contributed by atoms with Crippen molar-refractivity contribution in [3.8, 4) is 0 Å². The molecule has 1 aromatic rings. The average Bonchev–Trinajstić information content (AvgIpc) is 2.43. The van der Waals surface area contributed by atoms with Gasteiger partial charge in [0.25, 0.3) is 6.43 Å². The van der Waals surface area contributed by atoms with E-state index in [9.17, 15) is 13.6 Å². The van der Waals surface area contributed by atoms with Gasteiger partial charge in [-0.1, -0.05) is 23.2 Å². The van der Waals surface area contributed by atoms with Crippen molar-refractivity contribution in [2.75, 3.05) is 20.1 Å². The van der Waals surface area contributed by atoms with Crippen molar-refractivity contribution >= 4 is 40.3 Å². The van der Waals surface area contributed by atoms with Crippen LogP contribution in [0.3, 0.4) is 0 Å². The topological polar surface area (TPSA) is 20.3 Å². The molecule has 0 saturated carbocycles. The minimum Gasteiger partial charge on any atom is -0.293 e. The summed E-state index contributed by atoms with van der Waals surface area (Å²) < 4.78 is 24.7. The Labute approximate surface area is 106 Å². The molecule has 0 aliphatic rings. The predicted molar refractivity (Wildman–Crippen MR) is 62.2 cm³/mol. The summed E-state index contributed by atoms with van der Waals surface area (Å²) >= 11 is 12.5. The highest BCUT2D eigenvalue weighted by Crippen LogP contribution is 2.31. The number of halogens is 4. The van der Waals surface area contributed by atoms with Crippen molar-refractivity contribution < 1.29 is 13.6 Å². The molecule has 0 aliphatic carbocycles. The Hall–Kier alpha value is -0.230. The zero-order chi connectivity index (χ0) is 12.3. The number of Topliss-reactive ketones (excluding diaryl/α,β-unsaturated/α-hetero) is 1. The first kappa shape index (κ1) is 13.8. The van der Waals surface area contributed by atoms with E-state index in [4.69, 9.17) is 23.2 Å². The van der Waals surface area contributed by atoms with Crippen molar-refractivity contribution in [2.24, 2.45) is 0 Å². The number of carbonyl (C=O) groups excluding carboxylic acids is 1. The third kappa shape index (κ3) is 3.97. The molecule has 0 N–H and O–H groups in total. The monoisotopic (exact) mass is 287 g/mol. The van der Waals surface area contributed by atoms with Crippen LogP contribution < -0.4 is 0 Å². The van der Waals surface area contributed by atoms with Gasteiger partial charge in [0.2, 0.25) is 0 Å². The predicted octanol–water partition coefficient (Wildman–Crippen LogP) is 3.43. The Kier molecular flexibility index (Phi) is 5.11. The molecule has 0 aliphatic heterocycles. The van der Waals surface area contributed by atoms with E-state index in [1.807, 2.05) is 0 Å². The van der Waals surface area contributed by atoms with Gasteiger partial charge in [0.15, 0.2) is 5.78 Å². The summed E-state index contributed by atoms with van der Waals surface area (Å²) in [6.07, 6.45) is -2.46. The lowest BCUT2D eigenvalue weighted by Gasteiger charge is -2.14. The number of ketones is 1. The van der Waals surface area contributed by atoms with Crippen LogP contribution in [0.2, 0.25) is 8.67 Å². The van der Waals surface area contributed by atoms with Gasteiger partial charge in [-0.05, 0) is 13.1 Å². The molecule has 0 fully saturated rings. The number of carbonyl (C=O) groups is 1. The summed E-state index contributed by atoms with van der Waals surface area (Å²) in [6.45, 7) is -0.543. The lowest BCUT2D eigenvalue weighted by atomic mass is 10.2. The first-order chi connectivity index (χ1) is 7.40. The van der Waals surface area contributed by atoms with Gasteiger partial charge in [0.1, 0.15) is 4.34 Å². The Morgan fingerprint density at radius 3 is 2.62 bits per heavy atom. The highest BCUT2D eigenvalue weighted by atomic mass is 35.5. The van der Waals surface area contributed by atoms with E-state index in [1.54, 1.807) is 0 Å². The summed E-state index contributed by atoms with van der Waals surface area (Å²) in [4.78, 5) is 12.9. The molecular formula is C9H9Cl2F2NOS. The van der Waals surface area contributed by atoms with Crippen LogP contribution in [-0.4, -0.2) is 37.2 Å². The maximum absolute atomic E-state index is 12.0. The van der Waals surface area contributed by atoms with Gasteiger partial charge in [-0.15, -0.1) is 11.3 Å². The van der Waals surface area contributed by atoms with Crippen LogP contribution in [-0.2, 0) is 0 Å². The average molecular weight is 288 g/mol. The summed E-state index contributed by atoms with van der Waals surface area (Å²) in [5, 5.41) is 0. The molecular weight excluding hydrogens is 279 g/mol. The molecule has 0 radical (unpaired) electrons. The highest BCUT2D eigenvalue weighted by molar-refractivity contribution is 7.20. The van der Waals surface area contributed by atoms with Gasteiger partial charge in [0.05, 0.1) is 23.0 Å². The Morgan fingerprint density at radius 2 is 2.19 bits per heavy atom. The van der Waals surface area contributed by atoms with E-state index < -0.39 is 13.0 Å². The van der Waals surface area contributed by atoms with E-state index in [1.165, 1.54) is 18.0 Å². The summed E-state index contributed by atoms with van der Waals surface area (Å²) in [5.74, 6) is -0.309. The van der Waals surface area contributed by atoms with Crippen molar-refractivity contribution in [2.45, 2.75) is 6.43 Å². The SMILES string of the molecule is CN(CC(=O)c1cc(Cl)sc1Cl)CC(F)F. The van der Waals surface area contributed by atoms with Gasteiger partial charge in [-0.25, -0.2) is 8.78 Å². The summed E-state index contributed by atoms with van der Waals surface area (Å²) in [6, 6.07) is 1.45. The number of thiophene rings is 1. The van der Waals surface area contributed by atoms with Crippen LogP contribution in [0.1, 0.15) is 10.4 Å². The van der Waals surface area contributed by atoms with Gasteiger partial charge in [-0.3, -0.25) is 9.69 Å². The van der Waals surface area contributed by atoms with E-state index in [-0.39, 0.29) is 17.9 Å². The minimum absolute atomic E-state index is 0.100. The largest absolute Gasteiger partial charge is 0.293 e. The smallest absolute Gasteiger partial charge is 0.251 e. The molecule has 16 heavy (non-hydrogen) atoms. The number of hydrogen-bond donors (Lipinski definition) is 0. The zero-order valence-corrected chi connectivity index (χ0v) is 10.7.